The second kappa shape index (κ2) is 6.29. The number of carbonyl (C=O) groups is 1. The minimum Gasteiger partial charge on any atom is -0.388 e. The molecule has 6 heteroatoms. The van der Waals surface area contributed by atoms with Crippen molar-refractivity contribution >= 4 is 11.6 Å². The largest absolute Gasteiger partial charge is 0.388 e. The zero-order chi connectivity index (χ0) is 16.4. The van der Waals surface area contributed by atoms with E-state index in [0.717, 1.165) is 29.9 Å². The summed E-state index contributed by atoms with van der Waals surface area (Å²) in [4.78, 5) is 18.5. The number of aryl methyl sites for hydroxylation is 1. The maximum absolute atomic E-state index is 11.6. The highest BCUT2D eigenvalue weighted by Gasteiger charge is 2.35. The predicted octanol–water partition coefficient (Wildman–Crippen LogP) is 1.11. The fraction of sp³-hybridized carbons (Fsp3) is 0.529. The summed E-state index contributed by atoms with van der Waals surface area (Å²) in [6, 6.07) is 4.06. The van der Waals surface area contributed by atoms with Gasteiger partial charge in [-0.1, -0.05) is 6.07 Å². The van der Waals surface area contributed by atoms with Crippen LogP contribution in [-0.2, 0) is 11.3 Å². The second-order valence-electron chi connectivity index (χ2n) is 6.54. The minimum atomic E-state index is -0.937. The van der Waals surface area contributed by atoms with E-state index in [2.05, 4.69) is 23.2 Å². The molecule has 0 aromatic carbocycles. The van der Waals surface area contributed by atoms with E-state index in [1.165, 1.54) is 0 Å². The molecule has 1 aliphatic rings. The van der Waals surface area contributed by atoms with Crippen LogP contribution < -0.4 is 5.32 Å². The average molecular weight is 316 g/mol. The van der Waals surface area contributed by atoms with Crippen molar-refractivity contribution in [2.75, 3.05) is 20.1 Å². The minimum absolute atomic E-state index is 0.113. The lowest BCUT2D eigenvalue weighted by atomic mass is 9.89. The summed E-state index contributed by atoms with van der Waals surface area (Å²) in [5.74, 6) is -0.113. The van der Waals surface area contributed by atoms with E-state index in [0.29, 0.717) is 19.5 Å². The quantitative estimate of drug-likeness (QED) is 0.886. The molecule has 1 amide bonds. The van der Waals surface area contributed by atoms with Gasteiger partial charge >= 0.3 is 0 Å². The molecule has 1 atom stereocenters. The van der Waals surface area contributed by atoms with Crippen LogP contribution in [0.5, 0.6) is 0 Å². The van der Waals surface area contributed by atoms with Crippen LogP contribution in [-0.4, -0.2) is 51.0 Å². The van der Waals surface area contributed by atoms with Crippen molar-refractivity contribution in [3.8, 4) is 0 Å². The van der Waals surface area contributed by atoms with Crippen molar-refractivity contribution in [3.05, 3.63) is 35.8 Å². The SMILES string of the molecule is CNC(=O)CC1(O)CCCN(Cc2cn3cccc(C)c3n2)C1. The van der Waals surface area contributed by atoms with Gasteiger partial charge in [0.2, 0.25) is 5.91 Å². The molecule has 124 valence electrons. The molecule has 1 unspecified atom stereocenters. The molecule has 0 saturated carbocycles. The third kappa shape index (κ3) is 3.54. The molecule has 0 aliphatic carbocycles. The molecule has 1 saturated heterocycles. The third-order valence-corrected chi connectivity index (χ3v) is 4.52. The number of amides is 1. The Balaban J connectivity index is 1.71. The van der Waals surface area contributed by atoms with E-state index < -0.39 is 5.60 Å². The molecule has 6 nitrogen and oxygen atoms in total. The van der Waals surface area contributed by atoms with Crippen molar-refractivity contribution in [2.24, 2.45) is 0 Å². The van der Waals surface area contributed by atoms with E-state index in [4.69, 9.17) is 4.98 Å². The molecule has 23 heavy (non-hydrogen) atoms. The first-order valence-corrected chi connectivity index (χ1v) is 8.08. The van der Waals surface area contributed by atoms with Gasteiger partial charge in [-0.05, 0) is 37.9 Å². The number of imidazole rings is 1. The van der Waals surface area contributed by atoms with Crippen LogP contribution in [0.2, 0.25) is 0 Å². The highest BCUT2D eigenvalue weighted by molar-refractivity contribution is 5.76. The van der Waals surface area contributed by atoms with Crippen LogP contribution in [0.1, 0.15) is 30.5 Å². The van der Waals surface area contributed by atoms with E-state index >= 15 is 0 Å². The molecule has 3 heterocycles. The highest BCUT2D eigenvalue weighted by atomic mass is 16.3. The lowest BCUT2D eigenvalue weighted by molar-refractivity contribution is -0.128. The summed E-state index contributed by atoms with van der Waals surface area (Å²) in [5, 5.41) is 13.3. The summed E-state index contributed by atoms with van der Waals surface area (Å²) >= 11 is 0. The number of nitrogens with zero attached hydrogens (tertiary/aromatic N) is 3. The Labute approximate surface area is 136 Å². The number of piperidine rings is 1. The van der Waals surface area contributed by atoms with E-state index in [-0.39, 0.29) is 12.3 Å². The zero-order valence-electron chi connectivity index (χ0n) is 13.7. The van der Waals surface area contributed by atoms with E-state index in [1.54, 1.807) is 7.05 Å². The standard InChI is InChI=1S/C17H24N4O2/c1-13-5-3-8-21-11-14(19-16(13)21)10-20-7-4-6-17(23,12-20)9-15(22)18-2/h3,5,8,11,23H,4,6-7,9-10,12H2,1-2H3,(H,18,22). The summed E-state index contributed by atoms with van der Waals surface area (Å²) in [6.07, 6.45) is 5.75. The van der Waals surface area contributed by atoms with Gasteiger partial charge in [0.05, 0.1) is 17.7 Å². The number of pyridine rings is 1. The van der Waals surface area contributed by atoms with Gasteiger partial charge in [-0.25, -0.2) is 4.98 Å². The molecule has 0 radical (unpaired) electrons. The number of rotatable bonds is 4. The van der Waals surface area contributed by atoms with Gasteiger partial charge in [0, 0.05) is 32.5 Å². The molecule has 2 aromatic heterocycles. The number of likely N-dealkylation sites (tertiary alicyclic amines) is 1. The van der Waals surface area contributed by atoms with Crippen molar-refractivity contribution in [1.82, 2.24) is 19.6 Å². The lowest BCUT2D eigenvalue weighted by Crippen LogP contribution is -2.49. The normalized spacial score (nSPS) is 22.4. The molecule has 3 rings (SSSR count). The van der Waals surface area contributed by atoms with Crippen LogP contribution in [0.3, 0.4) is 0 Å². The van der Waals surface area contributed by atoms with Gasteiger partial charge in [0.15, 0.2) is 0 Å². The predicted molar refractivity (Wildman–Crippen MR) is 88.1 cm³/mol. The fourth-order valence-electron chi connectivity index (χ4n) is 3.38. The average Bonchev–Trinajstić information content (AvgIpc) is 2.90. The highest BCUT2D eigenvalue weighted by Crippen LogP contribution is 2.25. The number of hydrogen-bond acceptors (Lipinski definition) is 4. The Morgan fingerprint density at radius 1 is 1.52 bits per heavy atom. The molecule has 2 aromatic rings. The van der Waals surface area contributed by atoms with Crippen molar-refractivity contribution in [2.45, 2.75) is 38.3 Å². The molecule has 0 spiro atoms. The number of hydrogen-bond donors (Lipinski definition) is 2. The van der Waals surface area contributed by atoms with Gasteiger partial charge in [0.1, 0.15) is 5.65 Å². The smallest absolute Gasteiger partial charge is 0.222 e. The topological polar surface area (TPSA) is 69.9 Å². The Morgan fingerprint density at radius 3 is 3.09 bits per heavy atom. The van der Waals surface area contributed by atoms with Gasteiger partial charge in [-0.2, -0.15) is 0 Å². The molecular formula is C17H24N4O2. The number of carbonyl (C=O) groups excluding carboxylic acids is 1. The number of β-amino-alcohol motifs (C(OH)–C–C–N with tert-alkyl or cyclic N) is 1. The number of nitrogens with one attached hydrogen (secondary N) is 1. The van der Waals surface area contributed by atoms with Crippen LogP contribution >= 0.6 is 0 Å². The Kier molecular flexibility index (Phi) is 4.37. The van der Waals surface area contributed by atoms with E-state index in [9.17, 15) is 9.90 Å². The number of aromatic nitrogens is 2. The van der Waals surface area contributed by atoms with Crippen molar-refractivity contribution in [3.63, 3.8) is 0 Å². The number of aliphatic hydroxyl groups is 1. The molecule has 0 bridgehead atoms. The molecule has 1 aliphatic heterocycles. The summed E-state index contributed by atoms with van der Waals surface area (Å²) < 4.78 is 2.03. The second-order valence-corrected chi connectivity index (χ2v) is 6.54. The van der Waals surface area contributed by atoms with Crippen molar-refractivity contribution in [1.29, 1.82) is 0 Å². The summed E-state index contributed by atoms with van der Waals surface area (Å²) in [7, 11) is 1.60. The Bertz CT molecular complexity index is 712. The van der Waals surface area contributed by atoms with Gasteiger partial charge in [0.25, 0.3) is 0 Å². The fourth-order valence-corrected chi connectivity index (χ4v) is 3.38. The Morgan fingerprint density at radius 2 is 2.35 bits per heavy atom. The van der Waals surface area contributed by atoms with E-state index in [1.807, 2.05) is 22.9 Å². The maximum atomic E-state index is 11.6. The molecule has 2 N–H and O–H groups in total. The molecule has 1 fully saturated rings. The monoisotopic (exact) mass is 316 g/mol. The molecular weight excluding hydrogens is 292 g/mol. The summed E-state index contributed by atoms with van der Waals surface area (Å²) in [5.41, 5.74) is 2.17. The van der Waals surface area contributed by atoms with Gasteiger partial charge < -0.3 is 14.8 Å². The first kappa shape index (κ1) is 16.0. The summed E-state index contributed by atoms with van der Waals surface area (Å²) in [6.45, 7) is 4.17. The number of fused-ring (bicyclic) bond motifs is 1. The van der Waals surface area contributed by atoms with Crippen molar-refractivity contribution < 1.29 is 9.90 Å². The third-order valence-electron chi connectivity index (χ3n) is 4.52. The van der Waals surface area contributed by atoms with Gasteiger partial charge in [-0.15, -0.1) is 0 Å². The van der Waals surface area contributed by atoms with Crippen LogP contribution in [0.15, 0.2) is 24.5 Å². The van der Waals surface area contributed by atoms with Crippen LogP contribution in [0, 0.1) is 6.92 Å². The first-order chi connectivity index (χ1) is 11.0. The maximum Gasteiger partial charge on any atom is 0.222 e. The Hall–Kier alpha value is -1.92. The van der Waals surface area contributed by atoms with Crippen LogP contribution in [0.4, 0.5) is 0 Å². The zero-order valence-corrected chi connectivity index (χ0v) is 13.7. The van der Waals surface area contributed by atoms with Gasteiger partial charge in [-0.3, -0.25) is 9.69 Å². The van der Waals surface area contributed by atoms with Crippen LogP contribution in [0.25, 0.3) is 5.65 Å². The first-order valence-electron chi connectivity index (χ1n) is 8.08. The lowest BCUT2D eigenvalue weighted by Gasteiger charge is -2.38.